The number of likely N-dealkylation sites (tertiary alicyclic amines) is 1. The molecule has 0 amide bonds. The van der Waals surface area contributed by atoms with Gasteiger partial charge in [0, 0.05) is 31.9 Å². The first-order valence-corrected chi connectivity index (χ1v) is 17.3. The normalized spacial score (nSPS) is 25.9. The maximum atomic E-state index is 13.6. The van der Waals surface area contributed by atoms with Crippen LogP contribution in [-0.4, -0.2) is 107 Å². The Bertz CT molecular complexity index is 1740. The molecule has 5 rings (SSSR count). The van der Waals surface area contributed by atoms with Gasteiger partial charge in [-0.15, -0.1) is 0 Å². The summed E-state index contributed by atoms with van der Waals surface area (Å²) in [6.45, 7) is 13.4. The van der Waals surface area contributed by atoms with Crippen LogP contribution in [0.5, 0.6) is 11.5 Å². The molecule has 1 saturated heterocycles. The van der Waals surface area contributed by atoms with Gasteiger partial charge in [0.05, 0.1) is 11.0 Å². The smallest absolute Gasteiger partial charge is 0.477 e. The molecule has 2 heterocycles. The standard InChI is InChI=1S/C37H47NO15/c1-18(46-31(42)27(47-19(2)39)28(48-20(3)40)32(43)52-34(4,5)6)30(41)49-23-13-14-37(45)24-17-21-11-12-22(50-33(44)53-35(7,8)9)26-25(21)36(37,29(23)51-26)15-16-38(24)10/h11-13,18,24,27-29,45H,14-17H2,1-10H3/t18?,24-,27-,28-,29+,36+,37-/m1/s1. The Hall–Kier alpha value is -4.70. The zero-order valence-corrected chi connectivity index (χ0v) is 31.6. The Morgan fingerprint density at radius 1 is 0.868 bits per heavy atom. The second-order valence-corrected chi connectivity index (χ2v) is 15.7. The summed E-state index contributed by atoms with van der Waals surface area (Å²) in [5.41, 5.74) is -2.87. The van der Waals surface area contributed by atoms with Crippen LogP contribution in [0.15, 0.2) is 24.0 Å². The molecule has 0 saturated carbocycles. The van der Waals surface area contributed by atoms with Gasteiger partial charge in [-0.3, -0.25) is 9.59 Å². The van der Waals surface area contributed by atoms with Crippen molar-refractivity contribution in [2.75, 3.05) is 13.6 Å². The molecule has 1 unspecified atom stereocenters. The average Bonchev–Trinajstić information content (AvgIpc) is 3.37. The first-order chi connectivity index (χ1) is 24.5. The van der Waals surface area contributed by atoms with Crippen molar-refractivity contribution in [1.82, 2.24) is 4.90 Å². The molecule has 7 atom stereocenters. The van der Waals surface area contributed by atoms with Gasteiger partial charge >= 0.3 is 36.0 Å². The van der Waals surface area contributed by atoms with Gasteiger partial charge < -0.3 is 47.9 Å². The minimum atomic E-state index is -2.13. The number of hydrogen-bond donors (Lipinski definition) is 1. The van der Waals surface area contributed by atoms with Gasteiger partial charge in [-0.25, -0.2) is 19.2 Å². The number of hydrogen-bond acceptors (Lipinski definition) is 16. The van der Waals surface area contributed by atoms with E-state index in [0.717, 1.165) is 19.4 Å². The lowest BCUT2D eigenvalue weighted by atomic mass is 9.50. The summed E-state index contributed by atoms with van der Waals surface area (Å²) in [5, 5.41) is 12.5. The van der Waals surface area contributed by atoms with Crippen molar-refractivity contribution in [3.63, 3.8) is 0 Å². The van der Waals surface area contributed by atoms with Gasteiger partial charge in [0.2, 0.25) is 12.2 Å². The van der Waals surface area contributed by atoms with Crippen LogP contribution in [0.3, 0.4) is 0 Å². The topological polar surface area (TPSA) is 200 Å². The number of nitrogens with zero attached hydrogens (tertiary/aromatic N) is 1. The fourth-order valence-corrected chi connectivity index (χ4v) is 7.54. The van der Waals surface area contributed by atoms with Crippen LogP contribution in [0.1, 0.15) is 86.3 Å². The van der Waals surface area contributed by atoms with Gasteiger partial charge in [0.25, 0.3) is 0 Å². The molecule has 16 heteroatoms. The third kappa shape index (κ3) is 7.56. The lowest BCUT2D eigenvalue weighted by molar-refractivity contribution is -0.198. The van der Waals surface area contributed by atoms with Crippen LogP contribution in [0, 0.1) is 0 Å². The second kappa shape index (κ2) is 13.9. The molecule has 0 aromatic heterocycles. The van der Waals surface area contributed by atoms with Gasteiger partial charge in [0.15, 0.2) is 23.7 Å². The van der Waals surface area contributed by atoms with Crippen molar-refractivity contribution in [2.24, 2.45) is 0 Å². The third-order valence-electron chi connectivity index (χ3n) is 9.50. The minimum Gasteiger partial charge on any atom is -0.477 e. The lowest BCUT2D eigenvalue weighted by Crippen LogP contribution is -2.74. The number of rotatable bonds is 9. The highest BCUT2D eigenvalue weighted by Gasteiger charge is 2.72. The number of piperidine rings is 1. The van der Waals surface area contributed by atoms with E-state index in [1.54, 1.807) is 32.9 Å². The zero-order valence-electron chi connectivity index (χ0n) is 31.6. The summed E-state index contributed by atoms with van der Waals surface area (Å²) in [6, 6.07) is 3.10. The van der Waals surface area contributed by atoms with Crippen LogP contribution in [0.25, 0.3) is 0 Å². The van der Waals surface area contributed by atoms with E-state index in [2.05, 4.69) is 4.90 Å². The predicted octanol–water partition coefficient (Wildman–Crippen LogP) is 2.96. The Morgan fingerprint density at radius 3 is 2.06 bits per heavy atom. The monoisotopic (exact) mass is 745 g/mol. The van der Waals surface area contributed by atoms with Crippen LogP contribution in [0.2, 0.25) is 0 Å². The van der Waals surface area contributed by atoms with Crippen molar-refractivity contribution in [2.45, 2.75) is 134 Å². The molecule has 1 fully saturated rings. The molecule has 16 nitrogen and oxygen atoms in total. The molecular formula is C37H47NO15. The fraction of sp³-hybridized carbons (Fsp3) is 0.622. The average molecular weight is 746 g/mol. The highest BCUT2D eigenvalue weighted by atomic mass is 16.7. The van der Waals surface area contributed by atoms with Crippen molar-refractivity contribution in [3.8, 4) is 11.5 Å². The van der Waals surface area contributed by atoms with Crippen molar-refractivity contribution < 1.29 is 71.8 Å². The first-order valence-electron chi connectivity index (χ1n) is 17.3. The van der Waals surface area contributed by atoms with E-state index in [-0.39, 0.29) is 29.7 Å². The number of carbonyl (C=O) groups is 6. The van der Waals surface area contributed by atoms with E-state index in [9.17, 15) is 33.9 Å². The summed E-state index contributed by atoms with van der Waals surface area (Å²) >= 11 is 0. The molecule has 2 aliphatic heterocycles. The molecule has 2 bridgehead atoms. The zero-order chi connectivity index (χ0) is 39.4. The van der Waals surface area contributed by atoms with E-state index >= 15 is 0 Å². The summed E-state index contributed by atoms with van der Waals surface area (Å²) in [7, 11) is 1.93. The van der Waals surface area contributed by atoms with E-state index in [0.29, 0.717) is 24.9 Å². The number of esters is 5. The van der Waals surface area contributed by atoms with E-state index < -0.39 is 82.6 Å². The second-order valence-electron chi connectivity index (χ2n) is 15.7. The molecule has 1 N–H and O–H groups in total. The van der Waals surface area contributed by atoms with Crippen molar-refractivity contribution in [1.29, 1.82) is 0 Å². The Kier molecular flexibility index (Phi) is 10.4. The highest BCUT2D eigenvalue weighted by Crippen LogP contribution is 2.65. The van der Waals surface area contributed by atoms with Gasteiger partial charge in [-0.05, 0) is 92.6 Å². The molecular weight excluding hydrogens is 698 g/mol. The van der Waals surface area contributed by atoms with E-state index in [1.165, 1.54) is 27.7 Å². The minimum absolute atomic E-state index is 0.0289. The number of ether oxygens (including phenoxy) is 8. The maximum Gasteiger partial charge on any atom is 0.514 e. The molecule has 53 heavy (non-hydrogen) atoms. The number of likely N-dealkylation sites (N-methyl/N-ethyl adjacent to an activating group) is 1. The third-order valence-corrected chi connectivity index (χ3v) is 9.50. The Labute approximate surface area is 306 Å². The molecule has 0 radical (unpaired) electrons. The van der Waals surface area contributed by atoms with E-state index in [1.807, 2.05) is 13.1 Å². The van der Waals surface area contributed by atoms with Crippen molar-refractivity contribution >= 4 is 36.0 Å². The van der Waals surface area contributed by atoms with Gasteiger partial charge in [0.1, 0.15) is 17.0 Å². The maximum absolute atomic E-state index is 13.6. The summed E-state index contributed by atoms with van der Waals surface area (Å²) in [5.74, 6) is -5.35. The molecule has 4 aliphatic rings. The number of benzene rings is 1. The van der Waals surface area contributed by atoms with Gasteiger partial charge in [-0.2, -0.15) is 0 Å². The van der Waals surface area contributed by atoms with Crippen LogP contribution in [0.4, 0.5) is 4.79 Å². The SMILES string of the molecule is CC(=O)O[C@@H](C(=O)OC(C)C(=O)OC1=CC[C@@]2(O)[C@H]3Cc4ccc(OC(=O)OC(C)(C)C)c5c4[C@@]2(CCN3C)[C@H]1O5)[C@@H](OC(C)=O)C(=O)OC(C)(C)C. The van der Waals surface area contributed by atoms with Crippen molar-refractivity contribution in [3.05, 3.63) is 35.1 Å². The summed E-state index contributed by atoms with van der Waals surface area (Å²) in [4.78, 5) is 78.6. The number of carbonyl (C=O) groups excluding carboxylic acids is 6. The fourth-order valence-electron chi connectivity index (χ4n) is 7.54. The number of aliphatic hydroxyl groups is 1. The largest absolute Gasteiger partial charge is 0.514 e. The molecule has 1 spiro atoms. The summed E-state index contributed by atoms with van der Waals surface area (Å²) in [6.07, 6.45) is -5.35. The lowest BCUT2D eigenvalue weighted by Gasteiger charge is -2.61. The molecule has 1 aromatic rings. The van der Waals surface area contributed by atoms with Gasteiger partial charge in [-0.1, -0.05) is 6.07 Å². The molecule has 290 valence electrons. The van der Waals surface area contributed by atoms with Crippen LogP contribution in [-0.2, 0) is 64.2 Å². The van der Waals surface area contributed by atoms with Crippen LogP contribution < -0.4 is 9.47 Å². The van der Waals surface area contributed by atoms with E-state index in [4.69, 9.17) is 37.9 Å². The van der Waals surface area contributed by atoms with Crippen LogP contribution >= 0.6 is 0 Å². The Balaban J connectivity index is 1.42. The Morgan fingerprint density at radius 2 is 1.47 bits per heavy atom. The molecule has 2 aliphatic carbocycles. The summed E-state index contributed by atoms with van der Waals surface area (Å²) < 4.78 is 44.0. The highest BCUT2D eigenvalue weighted by molar-refractivity contribution is 5.90. The predicted molar refractivity (Wildman–Crippen MR) is 180 cm³/mol. The molecule has 1 aromatic carbocycles. The quantitative estimate of drug-likeness (QED) is 0.220. The first kappa shape index (κ1) is 39.5.